The third kappa shape index (κ3) is 4.84. The Hall–Kier alpha value is -3.98. The van der Waals surface area contributed by atoms with Gasteiger partial charge in [0.2, 0.25) is 11.7 Å². The van der Waals surface area contributed by atoms with Gasteiger partial charge in [0.25, 0.3) is 15.9 Å². The van der Waals surface area contributed by atoms with Crippen LogP contribution < -0.4 is 4.72 Å². The van der Waals surface area contributed by atoms with Crippen molar-refractivity contribution in [3.05, 3.63) is 96.4 Å². The number of rotatable bonds is 7. The predicted molar refractivity (Wildman–Crippen MR) is 119 cm³/mol. The van der Waals surface area contributed by atoms with Gasteiger partial charge in [-0.2, -0.15) is 4.98 Å². The standard InChI is InChI=1S/C23H20N4O4S/c1-27(16-21-24-22(25-31-21)17-9-4-2-5-10-17)23(28)18-11-8-14-20(15-18)32(29,30)26-19-12-6-3-7-13-19/h2-15,26H,16H2,1H3. The molecule has 0 aliphatic rings. The molecule has 9 heteroatoms. The van der Waals surface area contributed by atoms with Crippen LogP contribution in [0.2, 0.25) is 0 Å². The predicted octanol–water partition coefficient (Wildman–Crippen LogP) is 3.81. The molecular formula is C23H20N4O4S. The molecule has 32 heavy (non-hydrogen) atoms. The van der Waals surface area contributed by atoms with E-state index < -0.39 is 10.0 Å². The molecule has 1 heterocycles. The molecular weight excluding hydrogens is 428 g/mol. The number of sulfonamides is 1. The van der Waals surface area contributed by atoms with Crippen LogP contribution in [0, 0.1) is 0 Å². The molecule has 0 aliphatic carbocycles. The van der Waals surface area contributed by atoms with Gasteiger partial charge < -0.3 is 9.42 Å². The highest BCUT2D eigenvalue weighted by molar-refractivity contribution is 7.92. The Kier molecular flexibility index (Phi) is 6.00. The molecule has 0 atom stereocenters. The maximum Gasteiger partial charge on any atom is 0.261 e. The SMILES string of the molecule is CN(Cc1nc(-c2ccccc2)no1)C(=O)c1cccc(S(=O)(=O)Nc2ccccc2)c1. The van der Waals surface area contributed by atoms with E-state index in [1.54, 1.807) is 43.4 Å². The Morgan fingerprint density at radius 2 is 1.66 bits per heavy atom. The van der Waals surface area contributed by atoms with E-state index in [9.17, 15) is 13.2 Å². The Morgan fingerprint density at radius 1 is 0.969 bits per heavy atom. The zero-order valence-electron chi connectivity index (χ0n) is 17.2. The lowest BCUT2D eigenvalue weighted by Crippen LogP contribution is -2.26. The number of amides is 1. The second-order valence-electron chi connectivity index (χ2n) is 7.04. The average molecular weight is 449 g/mol. The summed E-state index contributed by atoms with van der Waals surface area (Å²) in [6.07, 6.45) is 0. The van der Waals surface area contributed by atoms with Gasteiger partial charge >= 0.3 is 0 Å². The summed E-state index contributed by atoms with van der Waals surface area (Å²) in [5.41, 5.74) is 1.47. The summed E-state index contributed by atoms with van der Waals surface area (Å²) in [4.78, 5) is 18.6. The second kappa shape index (κ2) is 9.03. The monoisotopic (exact) mass is 448 g/mol. The number of para-hydroxylation sites is 1. The van der Waals surface area contributed by atoms with Gasteiger partial charge in [-0.3, -0.25) is 9.52 Å². The maximum absolute atomic E-state index is 12.9. The third-order valence-corrected chi connectivity index (χ3v) is 6.02. The van der Waals surface area contributed by atoms with E-state index in [1.807, 2.05) is 30.3 Å². The van der Waals surface area contributed by atoms with Crippen LogP contribution in [0.3, 0.4) is 0 Å². The summed E-state index contributed by atoms with van der Waals surface area (Å²) in [7, 11) is -2.26. The van der Waals surface area contributed by atoms with Gasteiger partial charge in [-0.05, 0) is 30.3 Å². The molecule has 0 saturated carbocycles. The lowest BCUT2D eigenvalue weighted by atomic mass is 10.2. The first-order chi connectivity index (χ1) is 15.4. The normalized spacial score (nSPS) is 11.2. The number of benzene rings is 3. The topological polar surface area (TPSA) is 105 Å². The van der Waals surface area contributed by atoms with Crippen molar-refractivity contribution in [1.82, 2.24) is 15.0 Å². The number of hydrogen-bond donors (Lipinski definition) is 1. The summed E-state index contributed by atoms with van der Waals surface area (Å²) < 4.78 is 33.2. The summed E-state index contributed by atoms with van der Waals surface area (Å²) >= 11 is 0. The molecule has 3 aromatic carbocycles. The number of aromatic nitrogens is 2. The number of carbonyl (C=O) groups is 1. The Labute approximate surface area is 185 Å². The van der Waals surface area contributed by atoms with E-state index in [0.29, 0.717) is 11.5 Å². The third-order valence-electron chi connectivity index (χ3n) is 4.64. The van der Waals surface area contributed by atoms with Gasteiger partial charge in [-0.1, -0.05) is 59.8 Å². The minimum absolute atomic E-state index is 0.00948. The van der Waals surface area contributed by atoms with E-state index in [2.05, 4.69) is 14.9 Å². The quantitative estimate of drug-likeness (QED) is 0.461. The van der Waals surface area contributed by atoms with Crippen LogP contribution >= 0.6 is 0 Å². The van der Waals surface area contributed by atoms with Gasteiger partial charge in [0.1, 0.15) is 0 Å². The van der Waals surface area contributed by atoms with E-state index >= 15 is 0 Å². The minimum atomic E-state index is -3.84. The molecule has 4 rings (SSSR count). The molecule has 0 unspecified atom stereocenters. The van der Waals surface area contributed by atoms with Crippen molar-refractivity contribution in [2.24, 2.45) is 0 Å². The highest BCUT2D eigenvalue weighted by Gasteiger charge is 2.20. The first-order valence-electron chi connectivity index (χ1n) is 9.74. The highest BCUT2D eigenvalue weighted by atomic mass is 32.2. The van der Waals surface area contributed by atoms with Gasteiger partial charge in [-0.15, -0.1) is 0 Å². The molecule has 0 aliphatic heterocycles. The fourth-order valence-electron chi connectivity index (χ4n) is 3.04. The molecule has 0 spiro atoms. The first kappa shape index (κ1) is 21.3. The highest BCUT2D eigenvalue weighted by Crippen LogP contribution is 2.19. The van der Waals surface area contributed by atoms with E-state index in [-0.39, 0.29) is 28.8 Å². The van der Waals surface area contributed by atoms with Gasteiger partial charge in [0.05, 0.1) is 11.4 Å². The summed E-state index contributed by atoms with van der Waals surface area (Å²) in [6, 6.07) is 23.8. The lowest BCUT2D eigenvalue weighted by Gasteiger charge is -2.15. The van der Waals surface area contributed by atoms with Crippen LogP contribution in [-0.4, -0.2) is 36.4 Å². The second-order valence-corrected chi connectivity index (χ2v) is 8.72. The Morgan fingerprint density at radius 3 is 2.38 bits per heavy atom. The van der Waals surface area contributed by atoms with E-state index in [1.165, 1.54) is 23.1 Å². The average Bonchev–Trinajstić information content (AvgIpc) is 3.28. The van der Waals surface area contributed by atoms with Gasteiger partial charge in [0.15, 0.2) is 0 Å². The molecule has 0 bridgehead atoms. The van der Waals surface area contributed by atoms with Crippen molar-refractivity contribution < 1.29 is 17.7 Å². The molecule has 4 aromatic rings. The zero-order valence-corrected chi connectivity index (χ0v) is 18.0. The lowest BCUT2D eigenvalue weighted by molar-refractivity contribution is 0.0769. The number of carbonyl (C=O) groups excluding carboxylic acids is 1. The van der Waals surface area contributed by atoms with E-state index in [4.69, 9.17) is 4.52 Å². The number of nitrogens with zero attached hydrogens (tertiary/aromatic N) is 3. The zero-order chi connectivity index (χ0) is 22.6. The van der Waals surface area contributed by atoms with Crippen molar-refractivity contribution in [2.75, 3.05) is 11.8 Å². The van der Waals surface area contributed by atoms with E-state index in [0.717, 1.165) is 5.56 Å². The summed E-state index contributed by atoms with van der Waals surface area (Å²) in [5, 5.41) is 3.95. The number of anilines is 1. The molecule has 1 aromatic heterocycles. The van der Waals surface area contributed by atoms with Gasteiger partial charge in [0, 0.05) is 23.9 Å². The maximum atomic E-state index is 12.9. The number of hydrogen-bond acceptors (Lipinski definition) is 6. The van der Waals surface area contributed by atoms with Crippen molar-refractivity contribution in [3.63, 3.8) is 0 Å². The Balaban J connectivity index is 1.48. The molecule has 0 radical (unpaired) electrons. The van der Waals surface area contributed by atoms with Crippen molar-refractivity contribution in [1.29, 1.82) is 0 Å². The summed E-state index contributed by atoms with van der Waals surface area (Å²) in [5.74, 6) is 0.331. The van der Waals surface area contributed by atoms with Crippen molar-refractivity contribution in [3.8, 4) is 11.4 Å². The molecule has 8 nitrogen and oxygen atoms in total. The Bertz CT molecular complexity index is 1320. The van der Waals surface area contributed by atoms with Crippen molar-refractivity contribution >= 4 is 21.6 Å². The fraction of sp³-hybridized carbons (Fsp3) is 0.0870. The van der Waals surface area contributed by atoms with Crippen LogP contribution in [0.1, 0.15) is 16.2 Å². The smallest absolute Gasteiger partial charge is 0.261 e. The van der Waals surface area contributed by atoms with Crippen LogP contribution in [-0.2, 0) is 16.6 Å². The minimum Gasteiger partial charge on any atom is -0.337 e. The largest absolute Gasteiger partial charge is 0.337 e. The summed E-state index contributed by atoms with van der Waals surface area (Å²) in [6.45, 7) is 0.0813. The van der Waals surface area contributed by atoms with Crippen molar-refractivity contribution in [2.45, 2.75) is 11.4 Å². The first-order valence-corrected chi connectivity index (χ1v) is 11.2. The molecule has 1 amide bonds. The fourth-order valence-corrected chi connectivity index (χ4v) is 4.14. The number of nitrogens with one attached hydrogen (secondary N) is 1. The molecule has 0 saturated heterocycles. The van der Waals surface area contributed by atoms with Gasteiger partial charge in [-0.25, -0.2) is 8.42 Å². The molecule has 162 valence electrons. The molecule has 0 fully saturated rings. The molecule has 1 N–H and O–H groups in total. The van der Waals surface area contributed by atoms with Crippen LogP contribution in [0.5, 0.6) is 0 Å². The van der Waals surface area contributed by atoms with Crippen LogP contribution in [0.15, 0.2) is 94.3 Å². The van der Waals surface area contributed by atoms with Crippen LogP contribution in [0.25, 0.3) is 11.4 Å². The van der Waals surface area contributed by atoms with Crippen LogP contribution in [0.4, 0.5) is 5.69 Å².